The predicted octanol–water partition coefficient (Wildman–Crippen LogP) is 6.34. The number of non-ortho nitro benzene ring substituents is 2. The minimum Gasteiger partial charge on any atom is -0.465 e. The molecular weight excluding hydrogens is 556 g/mol. The molecule has 1 aromatic carbocycles. The number of carbonyl (C=O) groups excluding carboxylic acids is 3. The molecule has 1 aromatic rings. The van der Waals surface area contributed by atoms with Gasteiger partial charge < -0.3 is 9.47 Å². The van der Waals surface area contributed by atoms with Gasteiger partial charge in [0.25, 0.3) is 17.8 Å². The van der Waals surface area contributed by atoms with Crippen molar-refractivity contribution in [3.8, 4) is 0 Å². The summed E-state index contributed by atoms with van der Waals surface area (Å²) in [5.74, 6) is 1.87. The number of rotatable bonds is 10. The highest BCUT2D eigenvalue weighted by Crippen LogP contribution is 2.67. The van der Waals surface area contributed by atoms with Crippen LogP contribution in [-0.4, -0.2) is 34.2 Å². The number of nitrogens with zero attached hydrogens (tertiary/aromatic N) is 2. The van der Waals surface area contributed by atoms with E-state index in [4.69, 9.17) is 9.47 Å². The van der Waals surface area contributed by atoms with Crippen molar-refractivity contribution in [2.45, 2.75) is 97.7 Å². The molecule has 0 heterocycles. The van der Waals surface area contributed by atoms with E-state index in [0.717, 1.165) is 51.0 Å². The molecule has 9 unspecified atom stereocenters. The Morgan fingerprint density at radius 3 is 2.40 bits per heavy atom. The predicted molar refractivity (Wildman–Crippen MR) is 154 cm³/mol. The lowest BCUT2D eigenvalue weighted by Gasteiger charge is -2.60. The molecule has 4 fully saturated rings. The van der Waals surface area contributed by atoms with E-state index >= 15 is 0 Å². The first kappa shape index (κ1) is 31.1. The Labute approximate surface area is 251 Å². The number of Topliss-reactive ketones (excluding diaryl/α,β-unsaturated/α-hetero) is 1. The molecule has 234 valence electrons. The number of ether oxygens (including phenoxy) is 2. The summed E-state index contributed by atoms with van der Waals surface area (Å²) < 4.78 is 10.7. The number of nitro groups is 2. The van der Waals surface area contributed by atoms with Gasteiger partial charge in [-0.2, -0.15) is 0 Å². The van der Waals surface area contributed by atoms with Crippen molar-refractivity contribution < 1.29 is 33.7 Å². The third-order valence-corrected chi connectivity index (χ3v) is 12.1. The SMILES string of the molecule is CC(CCC(=O)OCc1cc([N+](=O)[O-])cc([N+](=O)[O-])c1)C1CCC2C3CCC4CC(OC=O)CCC4(C)C3CC(=O)C12C. The fraction of sp³-hybridized carbons (Fsp3) is 0.719. The van der Waals surface area contributed by atoms with E-state index in [1.165, 1.54) is 12.1 Å². The van der Waals surface area contributed by atoms with E-state index < -0.39 is 32.6 Å². The standard InChI is InChI=1S/C32H42N2O9/c1-19(4-9-30(37)42-17-20-12-22(33(38)39)15-23(13-20)34(40)41)26-7-8-27-25-6-5-21-14-24(43-18-35)10-11-31(21,2)28(25)16-29(36)32(26,27)3/h12-13,15,18-19,21,24-28H,4-11,14,16-17H2,1-3H3. The monoisotopic (exact) mass is 598 g/mol. The van der Waals surface area contributed by atoms with Gasteiger partial charge >= 0.3 is 5.97 Å². The van der Waals surface area contributed by atoms with Gasteiger partial charge in [0.05, 0.1) is 15.9 Å². The van der Waals surface area contributed by atoms with Crippen LogP contribution in [0.25, 0.3) is 0 Å². The van der Waals surface area contributed by atoms with Crippen LogP contribution in [0.3, 0.4) is 0 Å². The zero-order valence-electron chi connectivity index (χ0n) is 25.2. The number of nitro benzene ring substituents is 2. The molecule has 0 aromatic heterocycles. The van der Waals surface area contributed by atoms with Gasteiger partial charge in [0.15, 0.2) is 0 Å². The summed E-state index contributed by atoms with van der Waals surface area (Å²) in [5, 5.41) is 22.3. The van der Waals surface area contributed by atoms with Crippen LogP contribution in [0, 0.1) is 66.6 Å². The number of benzene rings is 1. The van der Waals surface area contributed by atoms with Crippen molar-refractivity contribution in [2.75, 3.05) is 0 Å². The van der Waals surface area contributed by atoms with Gasteiger partial charge in [0.2, 0.25) is 0 Å². The lowest BCUT2D eigenvalue weighted by molar-refractivity contribution is -0.394. The molecular formula is C32H42N2O9. The fourth-order valence-electron chi connectivity index (χ4n) is 9.80. The molecule has 11 heteroatoms. The van der Waals surface area contributed by atoms with E-state index in [0.29, 0.717) is 48.8 Å². The highest BCUT2D eigenvalue weighted by molar-refractivity contribution is 5.87. The van der Waals surface area contributed by atoms with Gasteiger partial charge in [-0.3, -0.25) is 34.6 Å². The number of hydrogen-bond donors (Lipinski definition) is 0. The number of hydrogen-bond acceptors (Lipinski definition) is 9. The van der Waals surface area contributed by atoms with Gasteiger partial charge in [-0.15, -0.1) is 0 Å². The molecule has 0 aliphatic heterocycles. The maximum atomic E-state index is 14.0. The molecule has 4 saturated carbocycles. The number of fused-ring (bicyclic) bond motifs is 5. The Morgan fingerprint density at radius 2 is 1.74 bits per heavy atom. The number of esters is 1. The van der Waals surface area contributed by atoms with Crippen LogP contribution in [0.15, 0.2) is 18.2 Å². The van der Waals surface area contributed by atoms with Crippen LogP contribution in [0.4, 0.5) is 11.4 Å². The fourth-order valence-corrected chi connectivity index (χ4v) is 9.80. The highest BCUT2D eigenvalue weighted by Gasteiger charge is 2.64. The minimum absolute atomic E-state index is 0.00944. The largest absolute Gasteiger partial charge is 0.465 e. The van der Waals surface area contributed by atoms with E-state index in [9.17, 15) is 34.6 Å². The topological polar surface area (TPSA) is 156 Å². The second-order valence-electron chi connectivity index (χ2n) is 13.9. The van der Waals surface area contributed by atoms with Crippen LogP contribution in [0.5, 0.6) is 0 Å². The van der Waals surface area contributed by atoms with E-state index in [1.807, 2.05) is 0 Å². The van der Waals surface area contributed by atoms with Crippen LogP contribution < -0.4 is 0 Å². The van der Waals surface area contributed by atoms with Crippen LogP contribution in [0.1, 0.15) is 90.5 Å². The molecule has 0 radical (unpaired) electrons. The smallest absolute Gasteiger partial charge is 0.306 e. The van der Waals surface area contributed by atoms with Crippen LogP contribution >= 0.6 is 0 Å². The summed E-state index contributed by atoms with van der Waals surface area (Å²) >= 11 is 0. The summed E-state index contributed by atoms with van der Waals surface area (Å²) in [4.78, 5) is 58.5. The zero-order chi connectivity index (χ0) is 31.1. The Kier molecular flexibility index (Phi) is 8.64. The Balaban J connectivity index is 1.20. The van der Waals surface area contributed by atoms with Crippen molar-refractivity contribution in [1.82, 2.24) is 0 Å². The van der Waals surface area contributed by atoms with Crippen LogP contribution in [-0.2, 0) is 30.5 Å². The average molecular weight is 599 g/mol. The first-order chi connectivity index (χ1) is 20.4. The molecule has 0 bridgehead atoms. The van der Waals surface area contributed by atoms with Crippen molar-refractivity contribution in [3.63, 3.8) is 0 Å². The summed E-state index contributed by atoms with van der Waals surface area (Å²) in [6.45, 7) is 6.93. The lowest BCUT2D eigenvalue weighted by Crippen LogP contribution is -2.57. The molecule has 4 aliphatic carbocycles. The number of ketones is 1. The van der Waals surface area contributed by atoms with E-state index in [2.05, 4.69) is 20.8 Å². The third kappa shape index (κ3) is 5.67. The van der Waals surface area contributed by atoms with Gasteiger partial charge in [-0.05, 0) is 92.3 Å². The zero-order valence-corrected chi connectivity index (χ0v) is 25.2. The second kappa shape index (κ2) is 12.0. The molecule has 9 atom stereocenters. The van der Waals surface area contributed by atoms with E-state index in [-0.39, 0.29) is 41.9 Å². The van der Waals surface area contributed by atoms with Gasteiger partial charge in [0.1, 0.15) is 18.5 Å². The van der Waals surface area contributed by atoms with E-state index in [1.54, 1.807) is 0 Å². The molecule has 43 heavy (non-hydrogen) atoms. The van der Waals surface area contributed by atoms with Crippen molar-refractivity contribution in [1.29, 1.82) is 0 Å². The molecule has 0 saturated heterocycles. The second-order valence-corrected chi connectivity index (χ2v) is 13.9. The summed E-state index contributed by atoms with van der Waals surface area (Å²) in [6.07, 6.45) is 8.22. The summed E-state index contributed by atoms with van der Waals surface area (Å²) in [6, 6.07) is 3.21. The van der Waals surface area contributed by atoms with Gasteiger partial charge in [0, 0.05) is 36.0 Å². The number of carbonyl (C=O) groups is 3. The van der Waals surface area contributed by atoms with Crippen LogP contribution in [0.2, 0.25) is 0 Å². The summed E-state index contributed by atoms with van der Waals surface area (Å²) in [7, 11) is 0. The van der Waals surface area contributed by atoms with Gasteiger partial charge in [-0.25, -0.2) is 0 Å². The average Bonchev–Trinajstić information content (AvgIpc) is 3.34. The van der Waals surface area contributed by atoms with Crippen molar-refractivity contribution in [3.05, 3.63) is 44.0 Å². The minimum atomic E-state index is -0.717. The van der Waals surface area contributed by atoms with Gasteiger partial charge in [-0.1, -0.05) is 20.8 Å². The lowest BCUT2D eigenvalue weighted by atomic mass is 9.44. The molecule has 0 N–H and O–H groups in total. The maximum Gasteiger partial charge on any atom is 0.306 e. The summed E-state index contributed by atoms with van der Waals surface area (Å²) in [5.41, 5.74) is -0.994. The first-order valence-electron chi connectivity index (χ1n) is 15.6. The molecule has 5 rings (SSSR count). The highest BCUT2D eigenvalue weighted by atomic mass is 16.6. The molecule has 0 amide bonds. The Hall–Kier alpha value is -3.37. The molecule has 4 aliphatic rings. The van der Waals surface area contributed by atoms with Crippen molar-refractivity contribution in [2.24, 2.45) is 46.3 Å². The Morgan fingerprint density at radius 1 is 1.05 bits per heavy atom. The Bertz CT molecular complexity index is 1270. The normalized spacial score (nSPS) is 35.6. The molecule has 11 nitrogen and oxygen atoms in total. The quantitative estimate of drug-likeness (QED) is 0.130. The van der Waals surface area contributed by atoms with Crippen molar-refractivity contribution >= 4 is 29.6 Å². The first-order valence-corrected chi connectivity index (χ1v) is 15.6. The molecule has 0 spiro atoms. The third-order valence-electron chi connectivity index (χ3n) is 12.1. The maximum absolute atomic E-state index is 14.0.